The number of hydrogen-bond acceptors (Lipinski definition) is 1. The van der Waals surface area contributed by atoms with Gasteiger partial charge in [-0.25, -0.2) is 0 Å². The van der Waals surface area contributed by atoms with Crippen LogP contribution in [-0.2, 0) is 0 Å². The van der Waals surface area contributed by atoms with Crippen LogP contribution < -0.4 is 5.32 Å². The zero-order valence-corrected chi connectivity index (χ0v) is 13.4. The number of allylic oxidation sites excluding steroid dienone is 2. The first-order chi connectivity index (χ1) is 11.9. The summed E-state index contributed by atoms with van der Waals surface area (Å²) in [6, 6.07) is 31.7. The quantitative estimate of drug-likeness (QED) is 0.678. The minimum Gasteiger partial charge on any atom is -0.355 e. The average molecular weight is 309 g/mol. The minimum atomic E-state index is 0.262. The Morgan fingerprint density at radius 1 is 0.500 bits per heavy atom. The maximum absolute atomic E-state index is 3.61. The van der Waals surface area contributed by atoms with Crippen molar-refractivity contribution in [3.63, 3.8) is 0 Å². The molecule has 0 spiro atoms. The van der Waals surface area contributed by atoms with Gasteiger partial charge in [-0.05, 0) is 28.8 Å². The van der Waals surface area contributed by atoms with Gasteiger partial charge in [-0.2, -0.15) is 0 Å². The number of dihydropyridines is 1. The SMILES string of the molecule is C1=C(c2ccccc2)NC(c2ccccc2)=CC1c1ccccc1. The lowest BCUT2D eigenvalue weighted by Crippen LogP contribution is -2.17. The van der Waals surface area contributed by atoms with Crippen LogP contribution in [0.25, 0.3) is 11.4 Å². The van der Waals surface area contributed by atoms with Crippen LogP contribution in [0.5, 0.6) is 0 Å². The van der Waals surface area contributed by atoms with E-state index in [1.807, 2.05) is 0 Å². The Bertz CT molecular complexity index is 806. The van der Waals surface area contributed by atoms with Crippen molar-refractivity contribution in [2.45, 2.75) is 5.92 Å². The van der Waals surface area contributed by atoms with E-state index in [1.54, 1.807) is 0 Å². The molecule has 0 saturated carbocycles. The van der Waals surface area contributed by atoms with Gasteiger partial charge in [0.05, 0.1) is 0 Å². The average Bonchev–Trinajstić information content (AvgIpc) is 2.70. The third-order valence-electron chi connectivity index (χ3n) is 4.32. The van der Waals surface area contributed by atoms with Gasteiger partial charge < -0.3 is 5.32 Å². The largest absolute Gasteiger partial charge is 0.355 e. The first-order valence-corrected chi connectivity index (χ1v) is 8.26. The van der Waals surface area contributed by atoms with Crippen LogP contribution >= 0.6 is 0 Å². The Morgan fingerprint density at radius 3 is 1.38 bits per heavy atom. The van der Waals surface area contributed by atoms with Crippen LogP contribution in [0.4, 0.5) is 0 Å². The highest BCUT2D eigenvalue weighted by molar-refractivity contribution is 5.80. The van der Waals surface area contributed by atoms with Crippen molar-refractivity contribution in [1.29, 1.82) is 0 Å². The normalized spacial score (nSPS) is 14.5. The smallest absolute Gasteiger partial charge is 0.0426 e. The molecule has 1 heteroatoms. The van der Waals surface area contributed by atoms with Gasteiger partial charge in [0.2, 0.25) is 0 Å². The molecule has 24 heavy (non-hydrogen) atoms. The molecule has 1 N–H and O–H groups in total. The van der Waals surface area contributed by atoms with Crippen molar-refractivity contribution in [2.75, 3.05) is 0 Å². The van der Waals surface area contributed by atoms with Crippen LogP contribution in [0.1, 0.15) is 22.6 Å². The fourth-order valence-electron chi connectivity index (χ4n) is 3.08. The lowest BCUT2D eigenvalue weighted by atomic mass is 9.91. The maximum Gasteiger partial charge on any atom is 0.0426 e. The van der Waals surface area contributed by atoms with Crippen molar-refractivity contribution in [3.8, 4) is 0 Å². The van der Waals surface area contributed by atoms with E-state index < -0.39 is 0 Å². The molecule has 1 heterocycles. The van der Waals surface area contributed by atoms with Gasteiger partial charge in [-0.3, -0.25) is 0 Å². The third kappa shape index (κ3) is 3.02. The van der Waals surface area contributed by atoms with Crippen molar-refractivity contribution in [2.24, 2.45) is 0 Å². The summed E-state index contributed by atoms with van der Waals surface area (Å²) in [7, 11) is 0. The molecule has 0 radical (unpaired) electrons. The van der Waals surface area contributed by atoms with Crippen molar-refractivity contribution < 1.29 is 0 Å². The van der Waals surface area contributed by atoms with Crippen molar-refractivity contribution in [3.05, 3.63) is 120 Å². The molecule has 0 bridgehead atoms. The molecule has 0 saturated heterocycles. The zero-order chi connectivity index (χ0) is 16.2. The summed E-state index contributed by atoms with van der Waals surface area (Å²) < 4.78 is 0. The first kappa shape index (κ1) is 14.5. The standard InChI is InChI=1S/C23H19N/c1-4-10-18(11-5-1)21-16-22(19-12-6-2-7-13-19)24-23(17-21)20-14-8-3-9-15-20/h1-17,21,24H. The lowest BCUT2D eigenvalue weighted by molar-refractivity contribution is 1.02. The summed E-state index contributed by atoms with van der Waals surface area (Å²) in [5, 5.41) is 3.61. The Kier molecular flexibility index (Phi) is 3.99. The van der Waals surface area contributed by atoms with Gasteiger partial charge in [0.15, 0.2) is 0 Å². The second-order valence-corrected chi connectivity index (χ2v) is 5.95. The lowest BCUT2D eigenvalue weighted by Gasteiger charge is -2.24. The number of nitrogens with one attached hydrogen (secondary N) is 1. The molecular weight excluding hydrogens is 290 g/mol. The van der Waals surface area contributed by atoms with Crippen LogP contribution in [0.3, 0.4) is 0 Å². The van der Waals surface area contributed by atoms with Crippen LogP contribution in [-0.4, -0.2) is 0 Å². The third-order valence-corrected chi connectivity index (χ3v) is 4.32. The molecule has 0 fully saturated rings. The summed E-state index contributed by atoms with van der Waals surface area (Å²) in [5.74, 6) is 0.262. The van der Waals surface area contributed by atoms with E-state index in [2.05, 4.69) is 108 Å². The van der Waals surface area contributed by atoms with Gasteiger partial charge in [-0.15, -0.1) is 0 Å². The van der Waals surface area contributed by atoms with Gasteiger partial charge in [0, 0.05) is 17.3 Å². The fraction of sp³-hybridized carbons (Fsp3) is 0.0435. The first-order valence-electron chi connectivity index (χ1n) is 8.26. The molecule has 4 rings (SSSR count). The summed E-state index contributed by atoms with van der Waals surface area (Å²) >= 11 is 0. The van der Waals surface area contributed by atoms with Gasteiger partial charge in [0.25, 0.3) is 0 Å². The summed E-state index contributed by atoms with van der Waals surface area (Å²) in [5.41, 5.74) is 6.04. The molecule has 0 unspecified atom stereocenters. The van der Waals surface area contributed by atoms with E-state index in [4.69, 9.17) is 0 Å². The molecular formula is C23H19N. The van der Waals surface area contributed by atoms with Crippen LogP contribution in [0, 0.1) is 0 Å². The second-order valence-electron chi connectivity index (χ2n) is 5.95. The Balaban J connectivity index is 1.78. The van der Waals surface area contributed by atoms with Gasteiger partial charge in [-0.1, -0.05) is 91.0 Å². The maximum atomic E-state index is 3.61. The summed E-state index contributed by atoms with van der Waals surface area (Å²) in [6.07, 6.45) is 4.61. The van der Waals surface area contributed by atoms with E-state index in [0.717, 1.165) is 11.4 Å². The molecule has 0 amide bonds. The second kappa shape index (κ2) is 6.59. The molecule has 1 nitrogen and oxygen atoms in total. The summed E-state index contributed by atoms with van der Waals surface area (Å²) in [4.78, 5) is 0. The molecule has 0 aliphatic carbocycles. The Morgan fingerprint density at radius 2 is 0.917 bits per heavy atom. The molecule has 1 aliphatic rings. The van der Waals surface area contributed by atoms with E-state index >= 15 is 0 Å². The van der Waals surface area contributed by atoms with E-state index in [1.165, 1.54) is 16.7 Å². The van der Waals surface area contributed by atoms with Crippen molar-refractivity contribution in [1.82, 2.24) is 5.32 Å². The molecule has 3 aromatic carbocycles. The van der Waals surface area contributed by atoms with E-state index in [0.29, 0.717) is 0 Å². The Hall–Kier alpha value is -3.06. The van der Waals surface area contributed by atoms with E-state index in [-0.39, 0.29) is 5.92 Å². The molecule has 0 aromatic heterocycles. The molecule has 116 valence electrons. The van der Waals surface area contributed by atoms with Crippen LogP contribution in [0.15, 0.2) is 103 Å². The number of benzene rings is 3. The minimum absolute atomic E-state index is 0.262. The molecule has 0 atom stereocenters. The number of hydrogen-bond donors (Lipinski definition) is 1. The van der Waals surface area contributed by atoms with E-state index in [9.17, 15) is 0 Å². The Labute approximate surface area is 143 Å². The topological polar surface area (TPSA) is 12.0 Å². The van der Waals surface area contributed by atoms with Gasteiger partial charge in [0.1, 0.15) is 0 Å². The van der Waals surface area contributed by atoms with Crippen molar-refractivity contribution >= 4 is 11.4 Å². The fourth-order valence-corrected chi connectivity index (χ4v) is 3.08. The molecule has 1 aliphatic heterocycles. The predicted octanol–water partition coefficient (Wildman–Crippen LogP) is 5.46. The predicted molar refractivity (Wildman–Crippen MR) is 101 cm³/mol. The molecule has 3 aromatic rings. The van der Waals surface area contributed by atoms with Crippen LogP contribution in [0.2, 0.25) is 0 Å². The van der Waals surface area contributed by atoms with Gasteiger partial charge >= 0.3 is 0 Å². The highest BCUT2D eigenvalue weighted by atomic mass is 14.9. The highest BCUT2D eigenvalue weighted by Gasteiger charge is 2.17. The highest BCUT2D eigenvalue weighted by Crippen LogP contribution is 2.31. The zero-order valence-electron chi connectivity index (χ0n) is 13.4. The number of rotatable bonds is 3. The monoisotopic (exact) mass is 309 g/mol. The summed E-state index contributed by atoms with van der Waals surface area (Å²) in [6.45, 7) is 0.